The lowest BCUT2D eigenvalue weighted by atomic mass is 10.1. The molecule has 45 heavy (non-hydrogen) atoms. The number of hydrogen-bond acceptors (Lipinski definition) is 8. The van der Waals surface area contributed by atoms with Crippen LogP contribution in [0.3, 0.4) is 0 Å². The molecule has 0 spiro atoms. The van der Waals surface area contributed by atoms with Gasteiger partial charge in [-0.25, -0.2) is 13.4 Å². The molecule has 2 saturated carbocycles. The number of methoxy groups -OCH3 is 1. The largest absolute Gasteiger partial charge is 0.497 e. The van der Waals surface area contributed by atoms with Gasteiger partial charge in [-0.2, -0.15) is 0 Å². The quantitative estimate of drug-likeness (QED) is 0.243. The SMILES string of the molecule is C=CC(=O)N1C[C@H](Oc2cc(-c3ccccc3)nc3cc(OC)ccc23)C[C@H]1C(=O)N[C@]1(C(=O)NS(=O)(=O)C2CC2)C[C@H]1C=C. The van der Waals surface area contributed by atoms with Crippen molar-refractivity contribution < 1.29 is 32.3 Å². The summed E-state index contributed by atoms with van der Waals surface area (Å²) in [6, 6.07) is 15.9. The Morgan fingerprint density at radius 2 is 1.84 bits per heavy atom. The summed E-state index contributed by atoms with van der Waals surface area (Å²) in [5, 5.41) is 2.89. The predicted octanol–water partition coefficient (Wildman–Crippen LogP) is 3.11. The van der Waals surface area contributed by atoms with Crippen LogP contribution in [0.2, 0.25) is 0 Å². The summed E-state index contributed by atoms with van der Waals surface area (Å²) in [6.45, 7) is 7.41. The minimum atomic E-state index is -3.83. The van der Waals surface area contributed by atoms with Crippen LogP contribution < -0.4 is 19.5 Å². The molecule has 6 rings (SSSR count). The fraction of sp³-hybridized carbons (Fsp3) is 0.333. The van der Waals surface area contributed by atoms with E-state index in [0.29, 0.717) is 35.6 Å². The molecule has 3 aromatic rings. The number of ether oxygens (including phenoxy) is 2. The molecule has 3 fully saturated rings. The fourth-order valence-electron chi connectivity index (χ4n) is 5.85. The van der Waals surface area contributed by atoms with Crippen molar-refractivity contribution in [2.45, 2.75) is 48.6 Å². The first-order chi connectivity index (χ1) is 21.6. The van der Waals surface area contributed by atoms with Crippen LogP contribution in [0.4, 0.5) is 0 Å². The summed E-state index contributed by atoms with van der Waals surface area (Å²) in [5.41, 5.74) is 0.743. The Morgan fingerprint density at radius 1 is 1.09 bits per heavy atom. The van der Waals surface area contributed by atoms with E-state index in [4.69, 9.17) is 14.5 Å². The standard InChI is InChI=1S/C33H34N4O7S/c1-4-21-18-33(21,32(40)36-45(41,42)24-12-13-24)35-31(39)28-16-23(19-37(28)30(38)5-2)44-29-17-26(20-9-7-6-8-10-20)34-27-15-22(43-3)11-14-25(27)29/h4-11,14-15,17,21,23-24,28H,1-2,12-13,16,18-19H2,3H3,(H,35,39)(H,36,40)/t21-,23-,28+,33-/m1/s1. The molecule has 12 heteroatoms. The van der Waals surface area contributed by atoms with Gasteiger partial charge >= 0.3 is 0 Å². The number of nitrogens with zero attached hydrogens (tertiary/aromatic N) is 2. The van der Waals surface area contributed by atoms with Crippen molar-refractivity contribution in [2.75, 3.05) is 13.7 Å². The van der Waals surface area contributed by atoms with Crippen molar-refractivity contribution in [3.8, 4) is 22.8 Å². The number of pyridine rings is 1. The van der Waals surface area contributed by atoms with Crippen molar-refractivity contribution in [3.05, 3.63) is 79.9 Å². The highest BCUT2D eigenvalue weighted by Gasteiger charge is 2.61. The lowest BCUT2D eigenvalue weighted by Gasteiger charge is -2.25. The normalized spacial score (nSPS) is 24.0. The summed E-state index contributed by atoms with van der Waals surface area (Å²) in [4.78, 5) is 46.1. The first-order valence-corrected chi connectivity index (χ1v) is 16.3. The van der Waals surface area contributed by atoms with Crippen LogP contribution in [0.5, 0.6) is 11.5 Å². The monoisotopic (exact) mass is 630 g/mol. The van der Waals surface area contributed by atoms with E-state index in [2.05, 4.69) is 23.2 Å². The fourth-order valence-corrected chi connectivity index (χ4v) is 7.21. The highest BCUT2D eigenvalue weighted by molar-refractivity contribution is 7.91. The molecule has 2 aliphatic carbocycles. The number of benzene rings is 2. The molecule has 1 saturated heterocycles. The molecular weight excluding hydrogens is 596 g/mol. The number of aromatic nitrogens is 1. The minimum absolute atomic E-state index is 0.0870. The maximum Gasteiger partial charge on any atom is 0.259 e. The molecule has 2 heterocycles. The smallest absolute Gasteiger partial charge is 0.259 e. The molecule has 11 nitrogen and oxygen atoms in total. The third-order valence-electron chi connectivity index (χ3n) is 8.61. The number of carbonyl (C=O) groups excluding carboxylic acids is 3. The van der Waals surface area contributed by atoms with Gasteiger partial charge in [0.1, 0.15) is 29.2 Å². The lowest BCUT2D eigenvalue weighted by Crippen LogP contribution is -2.56. The first kappa shape index (κ1) is 30.3. The molecular formula is C33H34N4O7S. The van der Waals surface area contributed by atoms with E-state index in [1.165, 1.54) is 11.0 Å². The van der Waals surface area contributed by atoms with Crippen LogP contribution in [-0.4, -0.2) is 72.6 Å². The number of nitrogens with one attached hydrogen (secondary N) is 2. The van der Waals surface area contributed by atoms with Gasteiger partial charge in [0.25, 0.3) is 5.91 Å². The number of hydrogen-bond donors (Lipinski definition) is 2. The van der Waals surface area contributed by atoms with Crippen LogP contribution in [-0.2, 0) is 24.4 Å². The summed E-state index contributed by atoms with van der Waals surface area (Å²) >= 11 is 0. The van der Waals surface area contributed by atoms with Crippen LogP contribution in [0.15, 0.2) is 79.9 Å². The second kappa shape index (κ2) is 11.7. The Bertz CT molecular complexity index is 1810. The Labute approximate surface area is 261 Å². The van der Waals surface area contributed by atoms with E-state index in [1.807, 2.05) is 48.5 Å². The average molecular weight is 631 g/mol. The second-order valence-electron chi connectivity index (χ2n) is 11.6. The van der Waals surface area contributed by atoms with Gasteiger partial charge in [-0.05, 0) is 37.5 Å². The minimum Gasteiger partial charge on any atom is -0.497 e. The van der Waals surface area contributed by atoms with Crippen molar-refractivity contribution in [3.63, 3.8) is 0 Å². The number of sulfonamides is 1. The predicted molar refractivity (Wildman–Crippen MR) is 168 cm³/mol. The zero-order valence-corrected chi connectivity index (χ0v) is 25.6. The molecule has 1 aliphatic heterocycles. The third kappa shape index (κ3) is 5.89. The van der Waals surface area contributed by atoms with Crippen LogP contribution in [0.25, 0.3) is 22.2 Å². The third-order valence-corrected chi connectivity index (χ3v) is 10.4. The van der Waals surface area contributed by atoms with E-state index in [1.54, 1.807) is 13.2 Å². The Hall–Kier alpha value is -4.71. The topological polar surface area (TPSA) is 144 Å². The molecule has 2 aromatic carbocycles. The van der Waals surface area contributed by atoms with Gasteiger partial charge in [-0.1, -0.05) is 43.0 Å². The van der Waals surface area contributed by atoms with E-state index >= 15 is 0 Å². The van der Waals surface area contributed by atoms with E-state index in [9.17, 15) is 22.8 Å². The van der Waals surface area contributed by atoms with Gasteiger partial charge in [0.15, 0.2) is 0 Å². The van der Waals surface area contributed by atoms with Crippen molar-refractivity contribution in [2.24, 2.45) is 5.92 Å². The van der Waals surface area contributed by atoms with Gasteiger partial charge in [-0.15, -0.1) is 6.58 Å². The van der Waals surface area contributed by atoms with Crippen LogP contribution >= 0.6 is 0 Å². The molecule has 3 aliphatic rings. The van der Waals surface area contributed by atoms with Gasteiger partial charge in [0, 0.05) is 35.4 Å². The maximum absolute atomic E-state index is 13.7. The molecule has 1 aromatic heterocycles. The van der Waals surface area contributed by atoms with Crippen molar-refractivity contribution in [1.82, 2.24) is 19.9 Å². The summed E-state index contributed by atoms with van der Waals surface area (Å²) < 4.78 is 39.0. The molecule has 0 bridgehead atoms. The highest BCUT2D eigenvalue weighted by Crippen LogP contribution is 2.45. The number of amides is 3. The summed E-state index contributed by atoms with van der Waals surface area (Å²) in [6.07, 6.45) is 3.36. The highest BCUT2D eigenvalue weighted by atomic mass is 32.2. The molecule has 234 valence electrons. The van der Waals surface area contributed by atoms with Crippen molar-refractivity contribution >= 4 is 38.6 Å². The van der Waals surface area contributed by atoms with Crippen molar-refractivity contribution in [1.29, 1.82) is 0 Å². The summed E-state index contributed by atoms with van der Waals surface area (Å²) in [5.74, 6) is -1.16. The molecule has 0 unspecified atom stereocenters. The van der Waals surface area contributed by atoms with E-state index in [-0.39, 0.29) is 19.4 Å². The number of likely N-dealkylation sites (tertiary alicyclic amines) is 1. The molecule has 4 atom stereocenters. The van der Waals surface area contributed by atoms with Crippen LogP contribution in [0, 0.1) is 5.92 Å². The van der Waals surface area contributed by atoms with E-state index < -0.39 is 56.6 Å². The van der Waals surface area contributed by atoms with E-state index in [0.717, 1.165) is 17.0 Å². The number of carbonyl (C=O) groups is 3. The zero-order chi connectivity index (χ0) is 31.9. The number of fused-ring (bicyclic) bond motifs is 1. The average Bonchev–Trinajstić information content (AvgIpc) is 3.97. The number of rotatable bonds is 11. The Morgan fingerprint density at radius 3 is 2.49 bits per heavy atom. The maximum atomic E-state index is 13.7. The van der Waals surface area contributed by atoms with Gasteiger partial charge < -0.3 is 19.7 Å². The Kier molecular flexibility index (Phi) is 7.86. The second-order valence-corrected chi connectivity index (χ2v) is 13.6. The zero-order valence-electron chi connectivity index (χ0n) is 24.8. The molecule has 0 radical (unpaired) electrons. The molecule has 3 amide bonds. The Balaban J connectivity index is 1.26. The van der Waals surface area contributed by atoms with Gasteiger partial charge in [-0.3, -0.25) is 19.1 Å². The lowest BCUT2D eigenvalue weighted by molar-refractivity contribution is -0.137. The molecule has 2 N–H and O–H groups in total. The van der Waals surface area contributed by atoms with Gasteiger partial charge in [0.05, 0.1) is 30.1 Å². The summed E-state index contributed by atoms with van der Waals surface area (Å²) in [7, 11) is -2.25. The van der Waals surface area contributed by atoms with Crippen LogP contribution in [0.1, 0.15) is 25.7 Å². The first-order valence-electron chi connectivity index (χ1n) is 14.7. The van der Waals surface area contributed by atoms with Gasteiger partial charge in [0.2, 0.25) is 21.8 Å².